The average Bonchev–Trinajstić information content (AvgIpc) is 2.45. The molecule has 21 heavy (non-hydrogen) atoms. The Hall–Kier alpha value is -1.40. The van der Waals surface area contributed by atoms with Gasteiger partial charge < -0.3 is 10.4 Å². The SMILES string of the molecule is CS(=O)(=O)c1ccc(CNC2CCCC(C(=O)O)C2)cc1. The van der Waals surface area contributed by atoms with Gasteiger partial charge in [0.25, 0.3) is 0 Å². The molecule has 2 N–H and O–H groups in total. The van der Waals surface area contributed by atoms with Crippen LogP contribution in [0.2, 0.25) is 0 Å². The van der Waals surface area contributed by atoms with Gasteiger partial charge in [-0.2, -0.15) is 0 Å². The highest BCUT2D eigenvalue weighted by atomic mass is 32.2. The first-order valence-electron chi connectivity index (χ1n) is 7.11. The molecule has 2 atom stereocenters. The summed E-state index contributed by atoms with van der Waals surface area (Å²) in [6.07, 6.45) is 4.54. The van der Waals surface area contributed by atoms with Crippen molar-refractivity contribution >= 4 is 15.8 Å². The largest absolute Gasteiger partial charge is 0.481 e. The number of rotatable bonds is 5. The molecule has 5 nitrogen and oxygen atoms in total. The van der Waals surface area contributed by atoms with E-state index in [-0.39, 0.29) is 12.0 Å². The van der Waals surface area contributed by atoms with E-state index in [1.165, 1.54) is 6.26 Å². The quantitative estimate of drug-likeness (QED) is 0.866. The minimum atomic E-state index is -3.16. The van der Waals surface area contributed by atoms with Crippen LogP contribution in [0.5, 0.6) is 0 Å². The molecule has 0 aliphatic heterocycles. The summed E-state index contributed by atoms with van der Waals surface area (Å²) < 4.78 is 22.8. The first kappa shape index (κ1) is 16.0. The Morgan fingerprint density at radius 3 is 2.52 bits per heavy atom. The van der Waals surface area contributed by atoms with E-state index in [9.17, 15) is 13.2 Å². The fourth-order valence-corrected chi connectivity index (χ4v) is 3.35. The fourth-order valence-electron chi connectivity index (χ4n) is 2.72. The monoisotopic (exact) mass is 311 g/mol. The summed E-state index contributed by atoms with van der Waals surface area (Å²) in [5, 5.41) is 12.4. The Kier molecular flexibility index (Phi) is 5.00. The van der Waals surface area contributed by atoms with Crippen LogP contribution in [0.3, 0.4) is 0 Å². The molecule has 2 rings (SSSR count). The minimum absolute atomic E-state index is 0.217. The van der Waals surface area contributed by atoms with Crippen LogP contribution >= 0.6 is 0 Å². The maximum absolute atomic E-state index is 11.4. The van der Waals surface area contributed by atoms with Gasteiger partial charge in [0, 0.05) is 18.8 Å². The number of carboxylic acid groups (broad SMARTS) is 1. The number of hydrogen-bond donors (Lipinski definition) is 2. The standard InChI is InChI=1S/C15H21NO4S/c1-21(19,20)14-7-5-11(6-8-14)10-16-13-4-2-3-12(9-13)15(17)18/h5-8,12-13,16H,2-4,9-10H2,1H3,(H,17,18). The van der Waals surface area contributed by atoms with Gasteiger partial charge in [0.05, 0.1) is 10.8 Å². The molecular weight excluding hydrogens is 290 g/mol. The summed E-state index contributed by atoms with van der Waals surface area (Å²) in [6, 6.07) is 7.01. The summed E-state index contributed by atoms with van der Waals surface area (Å²) in [7, 11) is -3.16. The van der Waals surface area contributed by atoms with E-state index in [1.807, 2.05) is 0 Å². The predicted octanol–water partition coefficient (Wildman–Crippen LogP) is 1.82. The molecule has 0 bridgehead atoms. The van der Waals surface area contributed by atoms with Gasteiger partial charge in [-0.1, -0.05) is 18.6 Å². The lowest BCUT2D eigenvalue weighted by Gasteiger charge is -2.27. The number of nitrogens with one attached hydrogen (secondary N) is 1. The lowest BCUT2D eigenvalue weighted by molar-refractivity contribution is -0.143. The lowest BCUT2D eigenvalue weighted by atomic mass is 9.86. The molecule has 0 heterocycles. The second-order valence-electron chi connectivity index (χ2n) is 5.70. The van der Waals surface area contributed by atoms with Crippen molar-refractivity contribution in [3.63, 3.8) is 0 Å². The molecule has 1 aliphatic carbocycles. The molecule has 116 valence electrons. The summed E-state index contributed by atoms with van der Waals surface area (Å²) in [5.74, 6) is -0.956. The van der Waals surface area contributed by atoms with Gasteiger partial charge in [0.2, 0.25) is 0 Å². The Morgan fingerprint density at radius 2 is 1.95 bits per heavy atom. The highest BCUT2D eigenvalue weighted by Crippen LogP contribution is 2.24. The second kappa shape index (κ2) is 6.58. The third-order valence-corrected chi connectivity index (χ3v) is 5.10. The van der Waals surface area contributed by atoms with Crippen LogP contribution in [0, 0.1) is 5.92 Å². The molecule has 1 saturated carbocycles. The van der Waals surface area contributed by atoms with Crippen LogP contribution < -0.4 is 5.32 Å². The number of carboxylic acids is 1. The van der Waals surface area contributed by atoms with Crippen LogP contribution in [-0.4, -0.2) is 31.8 Å². The van der Waals surface area contributed by atoms with E-state index in [0.717, 1.165) is 24.8 Å². The summed E-state index contributed by atoms with van der Waals surface area (Å²) >= 11 is 0. The number of aliphatic carboxylic acids is 1. The van der Waals surface area contributed by atoms with Crippen molar-refractivity contribution in [2.75, 3.05) is 6.26 Å². The number of sulfone groups is 1. The first-order chi connectivity index (χ1) is 9.86. The number of hydrogen-bond acceptors (Lipinski definition) is 4. The molecule has 0 radical (unpaired) electrons. The van der Waals surface area contributed by atoms with Crippen molar-refractivity contribution in [3.8, 4) is 0 Å². The van der Waals surface area contributed by atoms with Gasteiger partial charge in [-0.15, -0.1) is 0 Å². The van der Waals surface area contributed by atoms with Crippen LogP contribution in [-0.2, 0) is 21.2 Å². The average molecular weight is 311 g/mol. The Labute approximate surface area is 125 Å². The van der Waals surface area contributed by atoms with Gasteiger partial charge in [0.1, 0.15) is 0 Å². The van der Waals surface area contributed by atoms with Gasteiger partial charge >= 0.3 is 5.97 Å². The van der Waals surface area contributed by atoms with Crippen molar-refractivity contribution in [1.29, 1.82) is 0 Å². The fraction of sp³-hybridized carbons (Fsp3) is 0.533. The molecule has 0 amide bonds. The minimum Gasteiger partial charge on any atom is -0.481 e. The zero-order valence-corrected chi connectivity index (χ0v) is 12.9. The predicted molar refractivity (Wildman–Crippen MR) is 79.8 cm³/mol. The van der Waals surface area contributed by atoms with E-state index in [0.29, 0.717) is 17.9 Å². The van der Waals surface area contributed by atoms with Crippen LogP contribution in [0.15, 0.2) is 29.2 Å². The zero-order chi connectivity index (χ0) is 15.5. The normalized spacial score (nSPS) is 22.9. The lowest BCUT2D eigenvalue weighted by Crippen LogP contribution is -2.36. The first-order valence-corrected chi connectivity index (χ1v) is 9.00. The van der Waals surface area contributed by atoms with Crippen molar-refractivity contribution in [2.45, 2.75) is 43.2 Å². The summed E-state index contributed by atoms with van der Waals surface area (Å²) in [6.45, 7) is 0.626. The Balaban J connectivity index is 1.89. The zero-order valence-electron chi connectivity index (χ0n) is 12.1. The van der Waals surface area contributed by atoms with Crippen LogP contribution in [0.25, 0.3) is 0 Å². The van der Waals surface area contributed by atoms with Gasteiger partial charge in [-0.05, 0) is 37.0 Å². The molecule has 1 aromatic rings. The molecule has 0 saturated heterocycles. The molecule has 1 aliphatic rings. The summed E-state index contributed by atoms with van der Waals surface area (Å²) in [4.78, 5) is 11.3. The van der Waals surface area contributed by atoms with E-state index >= 15 is 0 Å². The second-order valence-corrected chi connectivity index (χ2v) is 7.71. The van der Waals surface area contributed by atoms with E-state index < -0.39 is 15.8 Å². The molecule has 1 aromatic carbocycles. The molecule has 0 spiro atoms. The Morgan fingerprint density at radius 1 is 1.29 bits per heavy atom. The van der Waals surface area contributed by atoms with Crippen molar-refractivity contribution in [1.82, 2.24) is 5.32 Å². The molecule has 1 fully saturated rings. The van der Waals surface area contributed by atoms with E-state index in [2.05, 4.69) is 5.32 Å². The van der Waals surface area contributed by atoms with Gasteiger partial charge in [-0.3, -0.25) is 4.79 Å². The van der Waals surface area contributed by atoms with Crippen molar-refractivity contribution in [3.05, 3.63) is 29.8 Å². The number of carbonyl (C=O) groups is 1. The van der Waals surface area contributed by atoms with Gasteiger partial charge in [0.15, 0.2) is 9.84 Å². The highest BCUT2D eigenvalue weighted by molar-refractivity contribution is 7.90. The topological polar surface area (TPSA) is 83.5 Å². The van der Waals surface area contributed by atoms with E-state index in [4.69, 9.17) is 5.11 Å². The van der Waals surface area contributed by atoms with Gasteiger partial charge in [-0.25, -0.2) is 8.42 Å². The highest BCUT2D eigenvalue weighted by Gasteiger charge is 2.26. The smallest absolute Gasteiger partial charge is 0.306 e. The number of benzene rings is 1. The molecular formula is C15H21NO4S. The molecule has 6 heteroatoms. The molecule has 0 aromatic heterocycles. The third-order valence-electron chi connectivity index (χ3n) is 3.97. The third kappa shape index (κ3) is 4.54. The summed E-state index contributed by atoms with van der Waals surface area (Å²) in [5.41, 5.74) is 1.000. The van der Waals surface area contributed by atoms with Crippen molar-refractivity contribution < 1.29 is 18.3 Å². The maximum atomic E-state index is 11.4. The Bertz CT molecular complexity index is 595. The van der Waals surface area contributed by atoms with E-state index in [1.54, 1.807) is 24.3 Å². The van der Waals surface area contributed by atoms with Crippen LogP contribution in [0.4, 0.5) is 0 Å². The van der Waals surface area contributed by atoms with Crippen LogP contribution in [0.1, 0.15) is 31.2 Å². The maximum Gasteiger partial charge on any atom is 0.306 e. The molecule has 2 unspecified atom stereocenters. The van der Waals surface area contributed by atoms with Crippen molar-refractivity contribution in [2.24, 2.45) is 5.92 Å².